The maximum Gasteiger partial charge on any atom is 0.356 e. The Morgan fingerprint density at radius 3 is 2.03 bits per heavy atom. The molecule has 2 atom stereocenters. The van der Waals surface area contributed by atoms with Gasteiger partial charge in [-0.2, -0.15) is 0 Å². The van der Waals surface area contributed by atoms with Crippen molar-refractivity contribution in [1.82, 2.24) is 10.2 Å². The second-order valence-electron chi connectivity index (χ2n) is 8.79. The van der Waals surface area contributed by atoms with Crippen LogP contribution in [0.5, 0.6) is 0 Å². The Morgan fingerprint density at radius 2 is 1.51 bits per heavy atom. The van der Waals surface area contributed by atoms with Crippen LogP contribution in [-0.4, -0.2) is 40.1 Å². The number of aldehydes is 1. The number of benzene rings is 3. The Balaban J connectivity index is 1.52. The van der Waals surface area contributed by atoms with E-state index in [1.54, 1.807) is 24.3 Å². The Labute approximate surface area is 218 Å². The summed E-state index contributed by atoms with van der Waals surface area (Å²) in [4.78, 5) is 53.0. The van der Waals surface area contributed by atoms with Crippen LogP contribution in [0.1, 0.15) is 29.7 Å². The van der Waals surface area contributed by atoms with Gasteiger partial charge in [-0.3, -0.25) is 19.3 Å². The Morgan fingerprint density at radius 1 is 0.973 bits per heavy atom. The van der Waals surface area contributed by atoms with Crippen LogP contribution in [0.15, 0.2) is 102 Å². The summed E-state index contributed by atoms with van der Waals surface area (Å²) in [6, 6.07) is 27.5. The molecule has 2 aliphatic rings. The zero-order valence-electron chi connectivity index (χ0n) is 20.0. The lowest BCUT2D eigenvalue weighted by Crippen LogP contribution is -2.77. The van der Waals surface area contributed by atoms with Crippen LogP contribution in [0.4, 0.5) is 0 Å². The molecule has 7 nitrogen and oxygen atoms in total. The first-order valence-corrected chi connectivity index (χ1v) is 12.8. The topological polar surface area (TPSA) is 92.8 Å². The van der Waals surface area contributed by atoms with Gasteiger partial charge >= 0.3 is 5.97 Å². The monoisotopic (exact) mass is 512 g/mol. The minimum absolute atomic E-state index is 0.0856. The molecule has 0 bridgehead atoms. The quantitative estimate of drug-likeness (QED) is 0.295. The lowest BCUT2D eigenvalue weighted by atomic mass is 9.79. The van der Waals surface area contributed by atoms with Gasteiger partial charge in [-0.15, -0.1) is 11.8 Å². The van der Waals surface area contributed by atoms with Crippen molar-refractivity contribution in [2.45, 2.75) is 23.9 Å². The molecule has 0 unspecified atom stereocenters. The number of nitrogens with one attached hydrogen (secondary N) is 1. The van der Waals surface area contributed by atoms with Crippen LogP contribution in [0.3, 0.4) is 0 Å². The number of carbonyl (C=O) groups is 4. The number of nitrogens with zero attached hydrogens (tertiary/aromatic N) is 1. The molecule has 8 heteroatoms. The second-order valence-corrected chi connectivity index (χ2v) is 9.86. The number of esters is 1. The molecule has 1 saturated heterocycles. The molecule has 0 radical (unpaired) electrons. The lowest BCUT2D eigenvalue weighted by molar-refractivity contribution is -0.162. The fraction of sp³-hybridized carbons (Fsp3) is 0.172. The van der Waals surface area contributed by atoms with Crippen molar-refractivity contribution < 1.29 is 23.9 Å². The van der Waals surface area contributed by atoms with E-state index in [9.17, 15) is 19.2 Å². The van der Waals surface area contributed by atoms with Crippen LogP contribution in [-0.2, 0) is 29.5 Å². The summed E-state index contributed by atoms with van der Waals surface area (Å²) in [5.74, 6) is -1.45. The predicted molar refractivity (Wildman–Crippen MR) is 139 cm³/mol. The number of carbonyl (C=O) groups excluding carboxylic acids is 4. The molecule has 3 aromatic rings. The number of amides is 2. The molecule has 2 amide bonds. The van der Waals surface area contributed by atoms with E-state index < -0.39 is 28.9 Å². The van der Waals surface area contributed by atoms with E-state index in [4.69, 9.17) is 4.74 Å². The van der Waals surface area contributed by atoms with E-state index in [-0.39, 0.29) is 22.9 Å². The van der Waals surface area contributed by atoms with E-state index in [0.29, 0.717) is 11.8 Å². The lowest BCUT2D eigenvalue weighted by Gasteiger charge is -2.57. The van der Waals surface area contributed by atoms with Gasteiger partial charge in [-0.1, -0.05) is 91.0 Å². The highest BCUT2D eigenvalue weighted by molar-refractivity contribution is 8.00. The number of hydrogen-bond donors (Lipinski definition) is 1. The average Bonchev–Trinajstić information content (AvgIpc) is 2.94. The summed E-state index contributed by atoms with van der Waals surface area (Å²) in [5.41, 5.74) is 0.850. The van der Waals surface area contributed by atoms with Crippen LogP contribution < -0.4 is 5.32 Å². The van der Waals surface area contributed by atoms with Gasteiger partial charge in [0, 0.05) is 18.2 Å². The van der Waals surface area contributed by atoms with Gasteiger partial charge in [0.1, 0.15) is 17.4 Å². The summed E-state index contributed by atoms with van der Waals surface area (Å²) in [6.07, 6.45) is -0.150. The summed E-state index contributed by atoms with van der Waals surface area (Å²) in [6.45, 7) is 1.35. The highest BCUT2D eigenvalue weighted by atomic mass is 32.2. The van der Waals surface area contributed by atoms with Crippen molar-refractivity contribution in [3.63, 3.8) is 0 Å². The summed E-state index contributed by atoms with van der Waals surface area (Å²) < 4.78 is 6.00. The van der Waals surface area contributed by atoms with Crippen LogP contribution in [0.25, 0.3) is 0 Å². The van der Waals surface area contributed by atoms with Crippen LogP contribution in [0.2, 0.25) is 0 Å². The molecule has 0 saturated carbocycles. The number of rotatable bonds is 7. The van der Waals surface area contributed by atoms with Crippen molar-refractivity contribution in [1.29, 1.82) is 0 Å². The van der Waals surface area contributed by atoms with Crippen molar-refractivity contribution >= 4 is 35.8 Å². The predicted octanol–water partition coefficient (Wildman–Crippen LogP) is 3.72. The van der Waals surface area contributed by atoms with Crippen molar-refractivity contribution in [2.24, 2.45) is 0 Å². The van der Waals surface area contributed by atoms with E-state index in [1.807, 2.05) is 66.7 Å². The van der Waals surface area contributed by atoms with E-state index in [1.165, 1.54) is 23.6 Å². The minimum atomic E-state index is -1.35. The fourth-order valence-corrected chi connectivity index (χ4v) is 6.28. The molecular formula is C29H24N2O5S. The summed E-state index contributed by atoms with van der Waals surface area (Å²) >= 11 is 1.32. The first-order chi connectivity index (χ1) is 18.0. The first kappa shape index (κ1) is 24.5. The van der Waals surface area contributed by atoms with Gasteiger partial charge in [0.05, 0.1) is 0 Å². The highest BCUT2D eigenvalue weighted by Crippen LogP contribution is 2.51. The number of ether oxygens (including phenoxy) is 1. The van der Waals surface area contributed by atoms with Crippen molar-refractivity contribution in [3.05, 3.63) is 119 Å². The molecule has 0 spiro atoms. The standard InChI is InChI=1S/C29H24N2O5S/c1-19(33)30-29(23-15-9-4-10-16-23)27(35)31-24(22(17-32)18-37-28(29)31)26(34)36-25(20-11-5-2-6-12-20)21-13-7-3-8-14-21/h2-17,25,28H,18H2,1H3,(H,30,33)/t28-,29-/m0/s1. The second kappa shape index (κ2) is 10.1. The minimum Gasteiger partial charge on any atom is -0.448 e. The Hall–Kier alpha value is -4.17. The first-order valence-electron chi connectivity index (χ1n) is 11.8. The molecule has 3 aromatic carbocycles. The largest absolute Gasteiger partial charge is 0.448 e. The van der Waals surface area contributed by atoms with Gasteiger partial charge < -0.3 is 10.1 Å². The third-order valence-electron chi connectivity index (χ3n) is 6.47. The molecular weight excluding hydrogens is 488 g/mol. The fourth-order valence-electron chi connectivity index (χ4n) is 4.84. The highest BCUT2D eigenvalue weighted by Gasteiger charge is 2.66. The normalized spacial score (nSPS) is 20.6. The molecule has 0 aliphatic carbocycles. The smallest absolute Gasteiger partial charge is 0.356 e. The Bertz CT molecular complexity index is 1340. The average molecular weight is 513 g/mol. The van der Waals surface area contributed by atoms with E-state index in [2.05, 4.69) is 5.32 Å². The zero-order chi connectivity index (χ0) is 26.0. The number of hydrogen-bond acceptors (Lipinski definition) is 6. The van der Waals surface area contributed by atoms with Gasteiger partial charge in [0.2, 0.25) is 5.91 Å². The summed E-state index contributed by atoms with van der Waals surface area (Å²) in [5, 5.41) is 2.21. The molecule has 1 N–H and O–H groups in total. The molecule has 0 aromatic heterocycles. The number of thioether (sulfide) groups is 1. The maximum atomic E-state index is 13.8. The van der Waals surface area contributed by atoms with Crippen LogP contribution >= 0.6 is 11.8 Å². The molecule has 2 heterocycles. The van der Waals surface area contributed by atoms with Gasteiger partial charge in [0.15, 0.2) is 11.6 Å². The van der Waals surface area contributed by atoms with Gasteiger partial charge in [0.25, 0.3) is 5.91 Å². The molecule has 186 valence electrons. The van der Waals surface area contributed by atoms with Crippen molar-refractivity contribution in [2.75, 3.05) is 5.75 Å². The summed E-state index contributed by atoms with van der Waals surface area (Å²) in [7, 11) is 0. The molecule has 1 fully saturated rings. The SMILES string of the molecule is CC(=O)N[C@@]1(c2ccccc2)C(=O)N2C(C(=O)OC(c3ccccc3)c3ccccc3)=C(C=O)CS[C@H]21. The van der Waals surface area contributed by atoms with E-state index in [0.717, 1.165) is 11.1 Å². The molecule has 37 heavy (non-hydrogen) atoms. The Kier molecular flexibility index (Phi) is 6.67. The molecule has 5 rings (SSSR count). The number of β-lactam (4-membered cyclic amide) rings is 1. The third kappa shape index (κ3) is 4.23. The van der Waals surface area contributed by atoms with E-state index >= 15 is 0 Å². The van der Waals surface area contributed by atoms with Crippen molar-refractivity contribution in [3.8, 4) is 0 Å². The zero-order valence-corrected chi connectivity index (χ0v) is 20.8. The van der Waals surface area contributed by atoms with Gasteiger partial charge in [-0.25, -0.2) is 4.79 Å². The van der Waals surface area contributed by atoms with Gasteiger partial charge in [-0.05, 0) is 16.7 Å². The third-order valence-corrected chi connectivity index (χ3v) is 7.83. The molecule has 2 aliphatic heterocycles. The van der Waals surface area contributed by atoms with Crippen LogP contribution in [0, 0.1) is 0 Å². The number of fused-ring (bicyclic) bond motifs is 1. The maximum absolute atomic E-state index is 13.8.